The van der Waals surface area contributed by atoms with E-state index in [1.54, 1.807) is 0 Å². The second kappa shape index (κ2) is 6.04. The molecule has 0 saturated heterocycles. The number of carbonyl (C=O) groups excluding carboxylic acids is 1. The SMILES string of the molecule is N#Cc1ccc(NC(=O)c2cc(F)cc(Br)c2)c(Cl)c1. The molecule has 6 heteroatoms. The smallest absolute Gasteiger partial charge is 0.255 e. The van der Waals surface area contributed by atoms with Crippen LogP contribution in [0.5, 0.6) is 0 Å². The molecule has 0 radical (unpaired) electrons. The Hall–Kier alpha value is -1.90. The molecule has 0 spiro atoms. The van der Waals surface area contributed by atoms with E-state index in [0.717, 1.165) is 6.07 Å². The minimum atomic E-state index is -0.518. The van der Waals surface area contributed by atoms with Crippen molar-refractivity contribution in [3.8, 4) is 6.07 Å². The third kappa shape index (κ3) is 3.35. The largest absolute Gasteiger partial charge is 0.321 e. The Morgan fingerprint density at radius 1 is 1.30 bits per heavy atom. The zero-order chi connectivity index (χ0) is 14.7. The van der Waals surface area contributed by atoms with Gasteiger partial charge in [0, 0.05) is 10.0 Å². The van der Waals surface area contributed by atoms with Crippen molar-refractivity contribution in [2.75, 3.05) is 5.32 Å². The Labute approximate surface area is 128 Å². The number of amides is 1. The summed E-state index contributed by atoms with van der Waals surface area (Å²) in [7, 11) is 0. The summed E-state index contributed by atoms with van der Waals surface area (Å²) in [5.41, 5.74) is 0.912. The fraction of sp³-hybridized carbons (Fsp3) is 0. The van der Waals surface area contributed by atoms with Crippen LogP contribution in [0.25, 0.3) is 0 Å². The Balaban J connectivity index is 2.26. The van der Waals surface area contributed by atoms with Crippen LogP contribution >= 0.6 is 27.5 Å². The van der Waals surface area contributed by atoms with Gasteiger partial charge in [-0.05, 0) is 36.4 Å². The second-order valence-corrected chi connectivity index (χ2v) is 5.24. The van der Waals surface area contributed by atoms with Crippen LogP contribution in [0.3, 0.4) is 0 Å². The van der Waals surface area contributed by atoms with Gasteiger partial charge in [0.2, 0.25) is 0 Å². The first-order chi connectivity index (χ1) is 9.49. The molecular weight excluding hydrogens is 347 g/mol. The van der Waals surface area contributed by atoms with E-state index in [9.17, 15) is 9.18 Å². The van der Waals surface area contributed by atoms with E-state index < -0.39 is 11.7 Å². The van der Waals surface area contributed by atoms with Crippen molar-refractivity contribution in [1.29, 1.82) is 5.26 Å². The number of halogens is 3. The molecule has 0 bridgehead atoms. The van der Waals surface area contributed by atoms with E-state index >= 15 is 0 Å². The van der Waals surface area contributed by atoms with E-state index in [4.69, 9.17) is 16.9 Å². The van der Waals surface area contributed by atoms with Crippen molar-refractivity contribution in [2.45, 2.75) is 0 Å². The highest BCUT2D eigenvalue weighted by Gasteiger charge is 2.11. The van der Waals surface area contributed by atoms with Gasteiger partial charge in [0.05, 0.1) is 22.3 Å². The number of hydrogen-bond donors (Lipinski definition) is 1. The van der Waals surface area contributed by atoms with Crippen LogP contribution in [0.1, 0.15) is 15.9 Å². The summed E-state index contributed by atoms with van der Waals surface area (Å²) in [5, 5.41) is 11.5. The molecule has 100 valence electrons. The molecule has 0 aliphatic carbocycles. The molecule has 0 aliphatic rings. The first-order valence-electron chi connectivity index (χ1n) is 5.46. The summed E-state index contributed by atoms with van der Waals surface area (Å²) in [6.07, 6.45) is 0. The highest BCUT2D eigenvalue weighted by Crippen LogP contribution is 2.24. The topological polar surface area (TPSA) is 52.9 Å². The van der Waals surface area contributed by atoms with Gasteiger partial charge in [0.1, 0.15) is 5.82 Å². The monoisotopic (exact) mass is 352 g/mol. The van der Waals surface area contributed by atoms with Gasteiger partial charge >= 0.3 is 0 Å². The van der Waals surface area contributed by atoms with Crippen molar-refractivity contribution < 1.29 is 9.18 Å². The Bertz CT molecular complexity index is 707. The molecule has 1 N–H and O–H groups in total. The van der Waals surface area contributed by atoms with Gasteiger partial charge in [-0.1, -0.05) is 27.5 Å². The van der Waals surface area contributed by atoms with Crippen LogP contribution in [0.2, 0.25) is 5.02 Å². The molecule has 0 saturated carbocycles. The molecule has 2 rings (SSSR count). The van der Waals surface area contributed by atoms with E-state index in [1.165, 1.54) is 30.3 Å². The predicted molar refractivity (Wildman–Crippen MR) is 78.2 cm³/mol. The normalized spacial score (nSPS) is 9.90. The maximum atomic E-state index is 13.2. The Morgan fingerprint density at radius 3 is 2.65 bits per heavy atom. The molecule has 0 aromatic heterocycles. The molecule has 20 heavy (non-hydrogen) atoms. The second-order valence-electron chi connectivity index (χ2n) is 3.92. The molecule has 3 nitrogen and oxygen atoms in total. The van der Waals surface area contributed by atoms with Crippen molar-refractivity contribution in [3.05, 3.63) is 62.8 Å². The third-order valence-electron chi connectivity index (χ3n) is 2.47. The van der Waals surface area contributed by atoms with Gasteiger partial charge in [-0.2, -0.15) is 5.26 Å². The highest BCUT2D eigenvalue weighted by atomic mass is 79.9. The summed E-state index contributed by atoms with van der Waals surface area (Å²) in [6.45, 7) is 0. The standard InChI is InChI=1S/C14H7BrClFN2O/c15-10-4-9(5-11(17)6-10)14(20)19-13-2-1-8(7-18)3-12(13)16/h1-6H,(H,19,20). The van der Waals surface area contributed by atoms with Gasteiger partial charge in [0.25, 0.3) is 5.91 Å². The summed E-state index contributed by atoms with van der Waals surface area (Å²) < 4.78 is 13.7. The quantitative estimate of drug-likeness (QED) is 0.872. The number of carbonyl (C=O) groups is 1. The van der Waals surface area contributed by atoms with E-state index in [-0.39, 0.29) is 10.6 Å². The van der Waals surface area contributed by atoms with Crippen molar-refractivity contribution in [2.24, 2.45) is 0 Å². The predicted octanol–water partition coefficient (Wildman–Crippen LogP) is 4.37. The van der Waals surface area contributed by atoms with Crippen molar-refractivity contribution in [1.82, 2.24) is 0 Å². The molecule has 0 fully saturated rings. The van der Waals surface area contributed by atoms with Crippen LogP contribution < -0.4 is 5.32 Å². The highest BCUT2D eigenvalue weighted by molar-refractivity contribution is 9.10. The lowest BCUT2D eigenvalue weighted by atomic mass is 10.2. The van der Waals surface area contributed by atoms with Crippen LogP contribution in [0.15, 0.2) is 40.9 Å². The molecule has 2 aromatic rings. The summed E-state index contributed by atoms with van der Waals surface area (Å²) in [4.78, 5) is 12.0. The lowest BCUT2D eigenvalue weighted by Crippen LogP contribution is -2.12. The maximum Gasteiger partial charge on any atom is 0.255 e. The minimum absolute atomic E-state index is 0.164. The number of hydrogen-bond acceptors (Lipinski definition) is 2. The maximum absolute atomic E-state index is 13.2. The van der Waals surface area contributed by atoms with Crippen LogP contribution in [0.4, 0.5) is 10.1 Å². The molecular formula is C14H7BrClFN2O. The zero-order valence-electron chi connectivity index (χ0n) is 9.95. The summed E-state index contributed by atoms with van der Waals surface area (Å²) in [6, 6.07) is 10.3. The van der Waals surface area contributed by atoms with Gasteiger partial charge in [-0.3, -0.25) is 4.79 Å². The number of nitrogens with one attached hydrogen (secondary N) is 1. The molecule has 0 aliphatic heterocycles. The number of anilines is 1. The molecule has 0 atom stereocenters. The lowest BCUT2D eigenvalue weighted by molar-refractivity contribution is 0.102. The van der Waals surface area contributed by atoms with Crippen LogP contribution in [-0.2, 0) is 0 Å². The number of nitrogens with zero attached hydrogens (tertiary/aromatic N) is 1. The number of rotatable bonds is 2. The van der Waals surface area contributed by atoms with Gasteiger partial charge < -0.3 is 5.32 Å². The molecule has 2 aromatic carbocycles. The summed E-state index contributed by atoms with van der Waals surface area (Å²) >= 11 is 9.07. The third-order valence-corrected chi connectivity index (χ3v) is 3.24. The Kier molecular flexibility index (Phi) is 4.38. The fourth-order valence-corrected chi connectivity index (χ4v) is 2.26. The average Bonchev–Trinajstić information content (AvgIpc) is 2.39. The van der Waals surface area contributed by atoms with Crippen molar-refractivity contribution >= 4 is 39.1 Å². The summed E-state index contributed by atoms with van der Waals surface area (Å²) in [5.74, 6) is -1.01. The fourth-order valence-electron chi connectivity index (χ4n) is 1.57. The van der Waals surface area contributed by atoms with Gasteiger partial charge in [0.15, 0.2) is 0 Å². The van der Waals surface area contributed by atoms with E-state index in [2.05, 4.69) is 21.2 Å². The molecule has 0 heterocycles. The average molecular weight is 354 g/mol. The van der Waals surface area contributed by atoms with Gasteiger partial charge in [-0.15, -0.1) is 0 Å². The lowest BCUT2D eigenvalue weighted by Gasteiger charge is -2.08. The van der Waals surface area contributed by atoms with E-state index in [1.807, 2.05) is 6.07 Å². The van der Waals surface area contributed by atoms with Crippen LogP contribution in [0, 0.1) is 17.1 Å². The number of nitriles is 1. The van der Waals surface area contributed by atoms with Crippen molar-refractivity contribution in [3.63, 3.8) is 0 Å². The first kappa shape index (κ1) is 14.5. The van der Waals surface area contributed by atoms with E-state index in [0.29, 0.717) is 15.7 Å². The van der Waals surface area contributed by atoms with Gasteiger partial charge in [-0.25, -0.2) is 4.39 Å². The molecule has 0 unspecified atom stereocenters. The minimum Gasteiger partial charge on any atom is -0.321 e. The molecule has 1 amide bonds. The first-order valence-corrected chi connectivity index (χ1v) is 6.64. The zero-order valence-corrected chi connectivity index (χ0v) is 12.3. The Morgan fingerprint density at radius 2 is 2.05 bits per heavy atom. The van der Waals surface area contributed by atoms with Crippen LogP contribution in [-0.4, -0.2) is 5.91 Å². The number of benzene rings is 2.